The van der Waals surface area contributed by atoms with Crippen LogP contribution in [0.2, 0.25) is 0 Å². The predicted octanol–water partition coefficient (Wildman–Crippen LogP) is 1.48. The van der Waals surface area contributed by atoms with E-state index in [9.17, 15) is 31.0 Å². The maximum absolute atomic E-state index is 12.7. The maximum Gasteiger partial charge on any atom is 0.296 e. The fourth-order valence-corrected chi connectivity index (χ4v) is 4.49. The second-order valence-electron chi connectivity index (χ2n) is 6.26. The van der Waals surface area contributed by atoms with Gasteiger partial charge < -0.3 is 5.32 Å². The van der Waals surface area contributed by atoms with E-state index in [1.165, 1.54) is 18.2 Å². The first-order valence-corrected chi connectivity index (χ1v) is 10.7. The third kappa shape index (κ3) is 2.76. The number of hydrogen-bond acceptors (Lipinski definition) is 7. The number of anilines is 1. The van der Waals surface area contributed by atoms with Crippen LogP contribution in [0, 0.1) is 0 Å². The zero-order valence-electron chi connectivity index (χ0n) is 13.8. The van der Waals surface area contributed by atoms with E-state index in [4.69, 9.17) is 4.55 Å². The summed E-state index contributed by atoms with van der Waals surface area (Å²) in [5, 5.41) is 2.61. The van der Waals surface area contributed by atoms with Crippen molar-refractivity contribution in [2.24, 2.45) is 0 Å². The molecule has 3 N–H and O–H groups in total. The van der Waals surface area contributed by atoms with Crippen LogP contribution >= 0.6 is 0 Å². The molecule has 28 heavy (non-hydrogen) atoms. The molecule has 11 heteroatoms. The molecule has 1 aliphatic heterocycles. The summed E-state index contributed by atoms with van der Waals surface area (Å²) in [5.41, 5.74) is 0.240. The molecule has 0 fully saturated rings. The van der Waals surface area contributed by atoms with Crippen LogP contribution in [0.5, 0.6) is 0 Å². The number of nitrogens with one attached hydrogen (secondary N) is 1. The molecule has 0 amide bonds. The highest BCUT2D eigenvalue weighted by molar-refractivity contribution is 7.86. The van der Waals surface area contributed by atoms with E-state index in [1.807, 2.05) is 0 Å². The summed E-state index contributed by atoms with van der Waals surface area (Å²) in [7, 11) is -9.11. The highest BCUT2D eigenvalue weighted by atomic mass is 32.2. The Labute approximate surface area is 159 Å². The SMILES string of the molecule is O=C1/C(=C2\Nc3c(cccc3S(=O)(=O)O)C2=O)Cc2ccc(S(=O)(=O)O)cc21. The summed E-state index contributed by atoms with van der Waals surface area (Å²) in [6.45, 7) is 0. The Morgan fingerprint density at radius 2 is 1.57 bits per heavy atom. The molecule has 144 valence electrons. The van der Waals surface area contributed by atoms with Gasteiger partial charge in [0.05, 0.1) is 16.3 Å². The standard InChI is InChI=1S/C17H11NO8S2/c19-16-11-7-9(27(21,22)23)5-4-8(11)6-12(16)15-17(20)10-2-1-3-13(14(10)18-15)28(24,25)26/h1-5,7,18H,6H2,(H,21,22,23)(H,24,25,26)/b15-12-. The first kappa shape index (κ1) is 18.5. The summed E-state index contributed by atoms with van der Waals surface area (Å²) in [4.78, 5) is 24.5. The summed E-state index contributed by atoms with van der Waals surface area (Å²) >= 11 is 0. The Morgan fingerprint density at radius 3 is 2.21 bits per heavy atom. The maximum atomic E-state index is 12.7. The Hall–Kier alpha value is -2.86. The molecule has 0 saturated carbocycles. The van der Waals surface area contributed by atoms with Crippen LogP contribution in [0.15, 0.2) is 57.5 Å². The molecule has 1 aliphatic carbocycles. The van der Waals surface area contributed by atoms with Gasteiger partial charge in [-0.2, -0.15) is 16.8 Å². The van der Waals surface area contributed by atoms with Crippen molar-refractivity contribution in [3.05, 3.63) is 64.4 Å². The van der Waals surface area contributed by atoms with Gasteiger partial charge in [-0.3, -0.25) is 18.7 Å². The molecule has 0 aromatic heterocycles. The van der Waals surface area contributed by atoms with Crippen LogP contribution in [0.1, 0.15) is 26.3 Å². The van der Waals surface area contributed by atoms with Crippen molar-refractivity contribution in [2.45, 2.75) is 16.2 Å². The van der Waals surface area contributed by atoms with E-state index in [-0.39, 0.29) is 34.5 Å². The monoisotopic (exact) mass is 421 g/mol. The van der Waals surface area contributed by atoms with Crippen molar-refractivity contribution in [3.63, 3.8) is 0 Å². The molecule has 2 aromatic rings. The van der Waals surface area contributed by atoms with Gasteiger partial charge in [0.2, 0.25) is 5.78 Å². The molecule has 0 saturated heterocycles. The third-order valence-corrected chi connectivity index (χ3v) is 6.34. The largest absolute Gasteiger partial charge is 0.350 e. The van der Waals surface area contributed by atoms with Crippen LogP contribution in [-0.4, -0.2) is 37.5 Å². The fraction of sp³-hybridized carbons (Fsp3) is 0.0588. The van der Waals surface area contributed by atoms with Crippen molar-refractivity contribution in [1.29, 1.82) is 0 Å². The highest BCUT2D eigenvalue weighted by Gasteiger charge is 2.37. The molecule has 0 unspecified atom stereocenters. The average Bonchev–Trinajstić information content (AvgIpc) is 3.10. The second-order valence-corrected chi connectivity index (χ2v) is 9.07. The minimum Gasteiger partial charge on any atom is -0.350 e. The molecular weight excluding hydrogens is 410 g/mol. The van der Waals surface area contributed by atoms with Crippen LogP contribution in [0.3, 0.4) is 0 Å². The molecule has 1 heterocycles. The van der Waals surface area contributed by atoms with Crippen molar-refractivity contribution in [1.82, 2.24) is 0 Å². The predicted molar refractivity (Wildman–Crippen MR) is 95.5 cm³/mol. The van der Waals surface area contributed by atoms with Gasteiger partial charge >= 0.3 is 0 Å². The van der Waals surface area contributed by atoms with Gasteiger partial charge in [-0.05, 0) is 29.8 Å². The van der Waals surface area contributed by atoms with Gasteiger partial charge in [-0.15, -0.1) is 0 Å². The summed E-state index contributed by atoms with van der Waals surface area (Å²) < 4.78 is 64.2. The van der Waals surface area contributed by atoms with Gasteiger partial charge in [0.25, 0.3) is 20.2 Å². The number of para-hydroxylation sites is 1. The Morgan fingerprint density at radius 1 is 0.857 bits per heavy atom. The van der Waals surface area contributed by atoms with E-state index in [0.717, 1.165) is 18.2 Å². The van der Waals surface area contributed by atoms with E-state index in [0.29, 0.717) is 5.56 Å². The molecule has 0 atom stereocenters. The Balaban J connectivity index is 1.84. The zero-order valence-corrected chi connectivity index (χ0v) is 15.5. The zero-order chi connectivity index (χ0) is 20.4. The number of hydrogen-bond donors (Lipinski definition) is 3. The first-order chi connectivity index (χ1) is 13.0. The number of ketones is 2. The molecular formula is C17H11NO8S2. The summed E-state index contributed by atoms with van der Waals surface area (Å²) in [6.07, 6.45) is 0.0171. The molecule has 0 spiro atoms. The molecule has 0 radical (unpaired) electrons. The normalized spacial score (nSPS) is 18.8. The second kappa shape index (κ2) is 5.82. The van der Waals surface area contributed by atoms with E-state index in [2.05, 4.69) is 5.32 Å². The van der Waals surface area contributed by atoms with Crippen LogP contribution in [-0.2, 0) is 26.7 Å². The first-order valence-electron chi connectivity index (χ1n) is 7.79. The topological polar surface area (TPSA) is 155 Å². The number of carbonyl (C=O) groups excluding carboxylic acids is 2. The van der Waals surface area contributed by atoms with Gasteiger partial charge in [0, 0.05) is 23.1 Å². The Bertz CT molecular complexity index is 1340. The average molecular weight is 421 g/mol. The van der Waals surface area contributed by atoms with Gasteiger partial charge in [-0.25, -0.2) is 0 Å². The van der Waals surface area contributed by atoms with Gasteiger partial charge in [0.1, 0.15) is 4.90 Å². The number of benzene rings is 2. The van der Waals surface area contributed by atoms with Gasteiger partial charge in [-0.1, -0.05) is 12.1 Å². The third-order valence-electron chi connectivity index (χ3n) is 4.59. The smallest absolute Gasteiger partial charge is 0.296 e. The quantitative estimate of drug-likeness (QED) is 0.483. The van der Waals surface area contributed by atoms with E-state index >= 15 is 0 Å². The lowest BCUT2D eigenvalue weighted by molar-refractivity contribution is 0.101. The van der Waals surface area contributed by atoms with E-state index in [1.54, 1.807) is 0 Å². The minimum atomic E-state index is -4.60. The number of carbonyl (C=O) groups is 2. The van der Waals surface area contributed by atoms with E-state index < -0.39 is 41.6 Å². The summed E-state index contributed by atoms with van der Waals surface area (Å²) in [6, 6.07) is 7.29. The summed E-state index contributed by atoms with van der Waals surface area (Å²) in [5.74, 6) is -1.23. The number of Topliss-reactive ketones (excluding diaryl/α,β-unsaturated/α-hetero) is 2. The molecule has 2 aromatic carbocycles. The lowest BCUT2D eigenvalue weighted by Crippen LogP contribution is -2.10. The van der Waals surface area contributed by atoms with Crippen molar-refractivity contribution < 1.29 is 35.5 Å². The number of allylic oxidation sites excluding steroid dienone is 2. The molecule has 4 rings (SSSR count). The molecule has 2 aliphatic rings. The molecule has 9 nitrogen and oxygen atoms in total. The lowest BCUT2D eigenvalue weighted by Gasteiger charge is -2.05. The number of fused-ring (bicyclic) bond motifs is 2. The van der Waals surface area contributed by atoms with Crippen molar-refractivity contribution >= 4 is 37.5 Å². The van der Waals surface area contributed by atoms with Gasteiger partial charge in [0.15, 0.2) is 5.78 Å². The van der Waals surface area contributed by atoms with Crippen LogP contribution < -0.4 is 5.32 Å². The lowest BCUT2D eigenvalue weighted by atomic mass is 10.1. The fourth-order valence-electron chi connectivity index (χ4n) is 3.31. The highest BCUT2D eigenvalue weighted by Crippen LogP contribution is 2.38. The molecule has 0 bridgehead atoms. The minimum absolute atomic E-state index is 0.0139. The number of rotatable bonds is 2. The van der Waals surface area contributed by atoms with Crippen LogP contribution in [0.25, 0.3) is 0 Å². The van der Waals surface area contributed by atoms with Crippen molar-refractivity contribution in [2.75, 3.05) is 5.32 Å². The Kier molecular flexibility index (Phi) is 3.84. The van der Waals surface area contributed by atoms with Crippen molar-refractivity contribution in [3.8, 4) is 0 Å². The van der Waals surface area contributed by atoms with Crippen LogP contribution in [0.4, 0.5) is 5.69 Å².